The molecule has 4 aromatic rings. The van der Waals surface area contributed by atoms with Crippen LogP contribution < -0.4 is 0 Å². The van der Waals surface area contributed by atoms with Gasteiger partial charge in [-0.3, -0.25) is 0 Å². The summed E-state index contributed by atoms with van der Waals surface area (Å²) in [6.45, 7) is 10.8. The minimum Gasteiger partial charge on any atom is -0.441 e. The van der Waals surface area contributed by atoms with Gasteiger partial charge in [0.25, 0.3) is 0 Å². The van der Waals surface area contributed by atoms with Gasteiger partial charge in [-0.25, -0.2) is 9.97 Å². The molecule has 4 heteroatoms. The highest BCUT2D eigenvalue weighted by Crippen LogP contribution is 2.36. The standard InChI is InChI=1S/C22H24N2OS/c1-13(2)15-9-10-19-18(11-15)24-20(26-19)12-22(4,5)16-7-6-8-17-21(16)25-14(3)23-17/h6-11,13H,12H2,1-5H3. The molecule has 0 aliphatic heterocycles. The van der Waals surface area contributed by atoms with Gasteiger partial charge in [0.2, 0.25) is 0 Å². The SMILES string of the molecule is Cc1nc2cccc(C(C)(C)Cc3nc4cc(C(C)C)ccc4s3)c2o1. The predicted octanol–water partition coefficient (Wildman–Crippen LogP) is 6.39. The molecule has 2 aromatic carbocycles. The molecule has 0 aliphatic carbocycles. The molecule has 0 aliphatic rings. The fourth-order valence-corrected chi connectivity index (χ4v) is 4.67. The first-order valence-corrected chi connectivity index (χ1v) is 9.91. The molecule has 2 aromatic heterocycles. The van der Waals surface area contributed by atoms with Gasteiger partial charge in [0.15, 0.2) is 11.5 Å². The minimum absolute atomic E-state index is 0.0831. The summed E-state index contributed by atoms with van der Waals surface area (Å²) in [4.78, 5) is 9.40. The van der Waals surface area contributed by atoms with Gasteiger partial charge in [0, 0.05) is 18.9 Å². The molecule has 0 amide bonds. The van der Waals surface area contributed by atoms with Crippen LogP contribution in [0.3, 0.4) is 0 Å². The molecule has 0 atom stereocenters. The Labute approximate surface area is 158 Å². The average molecular weight is 365 g/mol. The van der Waals surface area contributed by atoms with E-state index in [1.165, 1.54) is 20.8 Å². The van der Waals surface area contributed by atoms with Crippen LogP contribution in [0.4, 0.5) is 0 Å². The Balaban J connectivity index is 1.71. The smallest absolute Gasteiger partial charge is 0.192 e. The fraction of sp³-hybridized carbons (Fsp3) is 0.364. The van der Waals surface area contributed by atoms with Crippen molar-refractivity contribution in [3.63, 3.8) is 0 Å². The molecule has 26 heavy (non-hydrogen) atoms. The van der Waals surface area contributed by atoms with Gasteiger partial charge in [-0.1, -0.05) is 45.9 Å². The number of para-hydroxylation sites is 1. The van der Waals surface area contributed by atoms with Gasteiger partial charge in [-0.05, 0) is 35.1 Å². The van der Waals surface area contributed by atoms with Crippen molar-refractivity contribution in [3.8, 4) is 0 Å². The van der Waals surface area contributed by atoms with Crippen molar-refractivity contribution >= 4 is 32.7 Å². The Morgan fingerprint density at radius 2 is 1.88 bits per heavy atom. The Kier molecular flexibility index (Phi) is 4.11. The number of benzene rings is 2. The summed E-state index contributed by atoms with van der Waals surface area (Å²) in [6, 6.07) is 12.9. The molecule has 2 heterocycles. The van der Waals surface area contributed by atoms with E-state index in [1.54, 1.807) is 11.3 Å². The molecule has 0 saturated heterocycles. The van der Waals surface area contributed by atoms with Crippen LogP contribution in [0.2, 0.25) is 0 Å². The Morgan fingerprint density at radius 3 is 2.65 bits per heavy atom. The van der Waals surface area contributed by atoms with Crippen LogP contribution in [0, 0.1) is 6.92 Å². The number of rotatable bonds is 4. The summed E-state index contributed by atoms with van der Waals surface area (Å²) in [5.74, 6) is 1.23. The lowest BCUT2D eigenvalue weighted by Gasteiger charge is -2.24. The number of thiazole rings is 1. The van der Waals surface area contributed by atoms with Gasteiger partial charge in [0.1, 0.15) is 5.52 Å². The summed E-state index contributed by atoms with van der Waals surface area (Å²) < 4.78 is 7.15. The lowest BCUT2D eigenvalue weighted by molar-refractivity contribution is 0.500. The zero-order valence-electron chi connectivity index (χ0n) is 16.0. The molecular weight excluding hydrogens is 340 g/mol. The molecule has 3 nitrogen and oxygen atoms in total. The first-order valence-electron chi connectivity index (χ1n) is 9.09. The quantitative estimate of drug-likeness (QED) is 0.421. The highest BCUT2D eigenvalue weighted by atomic mass is 32.1. The van der Waals surface area contributed by atoms with Crippen LogP contribution in [0.5, 0.6) is 0 Å². The summed E-state index contributed by atoms with van der Waals surface area (Å²) in [6.07, 6.45) is 0.877. The largest absolute Gasteiger partial charge is 0.441 e. The van der Waals surface area contributed by atoms with Crippen molar-refractivity contribution in [2.45, 2.75) is 52.4 Å². The zero-order valence-corrected chi connectivity index (χ0v) is 16.8. The number of aromatic nitrogens is 2. The van der Waals surface area contributed by atoms with E-state index >= 15 is 0 Å². The van der Waals surface area contributed by atoms with Crippen LogP contribution in [0.25, 0.3) is 21.3 Å². The molecule has 0 bridgehead atoms. The van der Waals surface area contributed by atoms with Crippen LogP contribution >= 0.6 is 11.3 Å². The highest BCUT2D eigenvalue weighted by Gasteiger charge is 2.27. The number of hydrogen-bond acceptors (Lipinski definition) is 4. The van der Waals surface area contributed by atoms with Crippen molar-refractivity contribution in [1.82, 2.24) is 9.97 Å². The third-order valence-corrected chi connectivity index (χ3v) is 6.00. The van der Waals surface area contributed by atoms with Gasteiger partial charge < -0.3 is 4.42 Å². The lowest BCUT2D eigenvalue weighted by atomic mass is 9.81. The zero-order chi connectivity index (χ0) is 18.5. The monoisotopic (exact) mass is 364 g/mol. The molecule has 4 rings (SSSR count). The van der Waals surface area contributed by atoms with E-state index in [-0.39, 0.29) is 5.41 Å². The van der Waals surface area contributed by atoms with Crippen molar-refractivity contribution in [2.75, 3.05) is 0 Å². The van der Waals surface area contributed by atoms with Gasteiger partial charge >= 0.3 is 0 Å². The topological polar surface area (TPSA) is 38.9 Å². The third-order valence-electron chi connectivity index (χ3n) is 4.97. The van der Waals surface area contributed by atoms with E-state index in [1.807, 2.05) is 13.0 Å². The van der Waals surface area contributed by atoms with Crippen molar-refractivity contribution in [1.29, 1.82) is 0 Å². The second-order valence-electron chi connectivity index (χ2n) is 7.94. The van der Waals surface area contributed by atoms with E-state index in [4.69, 9.17) is 9.40 Å². The van der Waals surface area contributed by atoms with Crippen LogP contribution in [-0.4, -0.2) is 9.97 Å². The van der Waals surface area contributed by atoms with Gasteiger partial charge in [-0.2, -0.15) is 0 Å². The Hall–Kier alpha value is -2.20. The maximum Gasteiger partial charge on any atom is 0.192 e. The van der Waals surface area contributed by atoms with Crippen molar-refractivity contribution in [3.05, 3.63) is 58.4 Å². The summed E-state index contributed by atoms with van der Waals surface area (Å²) in [7, 11) is 0. The molecular formula is C22H24N2OS. The van der Waals surface area contributed by atoms with Gasteiger partial charge in [-0.15, -0.1) is 11.3 Å². The number of nitrogens with zero attached hydrogens (tertiary/aromatic N) is 2. The van der Waals surface area contributed by atoms with Crippen LogP contribution in [-0.2, 0) is 11.8 Å². The number of hydrogen-bond donors (Lipinski definition) is 0. The molecule has 0 spiro atoms. The summed E-state index contributed by atoms with van der Waals surface area (Å²) in [5.41, 5.74) is 5.39. The molecule has 0 unspecified atom stereocenters. The maximum absolute atomic E-state index is 5.90. The van der Waals surface area contributed by atoms with Crippen molar-refractivity contribution < 1.29 is 4.42 Å². The number of aryl methyl sites for hydroxylation is 1. The van der Waals surface area contributed by atoms with E-state index < -0.39 is 0 Å². The summed E-state index contributed by atoms with van der Waals surface area (Å²) in [5, 5.41) is 1.17. The third kappa shape index (κ3) is 3.03. The van der Waals surface area contributed by atoms with Crippen LogP contribution in [0.1, 0.15) is 55.6 Å². The molecule has 0 N–H and O–H groups in total. The van der Waals surface area contributed by atoms with E-state index in [9.17, 15) is 0 Å². The fourth-order valence-electron chi connectivity index (χ4n) is 3.49. The van der Waals surface area contributed by atoms with E-state index in [0.717, 1.165) is 23.0 Å². The van der Waals surface area contributed by atoms with Gasteiger partial charge in [0.05, 0.1) is 15.2 Å². The summed E-state index contributed by atoms with van der Waals surface area (Å²) >= 11 is 1.79. The lowest BCUT2D eigenvalue weighted by Crippen LogP contribution is -2.20. The molecule has 0 radical (unpaired) electrons. The first-order chi connectivity index (χ1) is 12.3. The molecule has 0 fully saturated rings. The highest BCUT2D eigenvalue weighted by molar-refractivity contribution is 7.18. The molecule has 134 valence electrons. The van der Waals surface area contributed by atoms with Crippen molar-refractivity contribution in [2.24, 2.45) is 0 Å². The number of oxazole rings is 1. The molecule has 0 saturated carbocycles. The van der Waals surface area contributed by atoms with Crippen LogP contribution in [0.15, 0.2) is 40.8 Å². The first kappa shape index (κ1) is 17.2. The number of fused-ring (bicyclic) bond motifs is 2. The second-order valence-corrected chi connectivity index (χ2v) is 9.05. The Bertz CT molecular complexity index is 1090. The predicted molar refractivity (Wildman–Crippen MR) is 109 cm³/mol. The van der Waals surface area contributed by atoms with E-state index in [2.05, 4.69) is 63.0 Å². The second kappa shape index (κ2) is 6.20. The maximum atomic E-state index is 5.90. The average Bonchev–Trinajstić information content (AvgIpc) is 3.14. The minimum atomic E-state index is -0.0831. The Morgan fingerprint density at radius 1 is 1.08 bits per heavy atom. The van der Waals surface area contributed by atoms with E-state index in [0.29, 0.717) is 11.8 Å². The normalized spacial score (nSPS) is 12.5.